The Labute approximate surface area is 253 Å². The predicted octanol–water partition coefficient (Wildman–Crippen LogP) is 5.19. The molecule has 0 bridgehead atoms. The molecule has 1 aliphatic heterocycles. The molecule has 2 aromatic heterocycles. The van der Waals surface area contributed by atoms with Gasteiger partial charge in [-0.15, -0.1) is 0 Å². The maximum absolute atomic E-state index is 14.2. The highest BCUT2D eigenvalue weighted by Crippen LogP contribution is 2.30. The van der Waals surface area contributed by atoms with Gasteiger partial charge in [0.1, 0.15) is 23.8 Å². The van der Waals surface area contributed by atoms with Gasteiger partial charge < -0.3 is 10.1 Å². The highest BCUT2D eigenvalue weighted by Gasteiger charge is 2.29. The summed E-state index contributed by atoms with van der Waals surface area (Å²) in [5.74, 6) is 1.83. The van der Waals surface area contributed by atoms with E-state index in [0.717, 1.165) is 41.7 Å². The fourth-order valence-corrected chi connectivity index (χ4v) is 7.34. The molecule has 0 atom stereocenters. The molecular formula is C33H35FN4O4S. The summed E-state index contributed by atoms with van der Waals surface area (Å²) in [7, 11) is 0. The normalized spacial score (nSPS) is 19.3. The molecule has 0 spiro atoms. The zero-order chi connectivity index (χ0) is 29.8. The summed E-state index contributed by atoms with van der Waals surface area (Å²) in [5.41, 5.74) is 1.27. The number of ether oxygens (including phenoxy) is 1. The van der Waals surface area contributed by atoms with E-state index in [1.165, 1.54) is 10.6 Å². The summed E-state index contributed by atoms with van der Waals surface area (Å²) in [5, 5.41) is 3.28. The van der Waals surface area contributed by atoms with Gasteiger partial charge in [-0.3, -0.25) is 18.7 Å². The molecule has 1 aliphatic carbocycles. The minimum absolute atomic E-state index is 0.0611. The average molecular weight is 603 g/mol. The highest BCUT2D eigenvalue weighted by molar-refractivity contribution is 7.99. The molecule has 2 fully saturated rings. The number of hydrogen-bond donors (Lipinski definition) is 1. The Hall–Kier alpha value is -3.92. The van der Waals surface area contributed by atoms with E-state index in [1.807, 2.05) is 66.4 Å². The van der Waals surface area contributed by atoms with Crippen LogP contribution in [0.1, 0.15) is 61.7 Å². The van der Waals surface area contributed by atoms with Gasteiger partial charge in [-0.2, -0.15) is 11.8 Å². The zero-order valence-electron chi connectivity index (χ0n) is 23.9. The molecule has 1 amide bonds. The van der Waals surface area contributed by atoms with Crippen molar-refractivity contribution < 1.29 is 13.9 Å². The first-order chi connectivity index (χ1) is 21.0. The van der Waals surface area contributed by atoms with Crippen molar-refractivity contribution in [2.45, 2.75) is 69.7 Å². The Balaban J connectivity index is 1.13. The van der Waals surface area contributed by atoms with Crippen LogP contribution in [0.25, 0.3) is 11.0 Å². The number of amides is 1. The van der Waals surface area contributed by atoms with Crippen molar-refractivity contribution in [3.63, 3.8) is 0 Å². The van der Waals surface area contributed by atoms with Crippen LogP contribution in [-0.4, -0.2) is 37.6 Å². The number of thioether (sulfide) groups is 1. The van der Waals surface area contributed by atoms with Crippen LogP contribution in [0.4, 0.5) is 4.39 Å². The topological polar surface area (TPSA) is 95.2 Å². The van der Waals surface area contributed by atoms with E-state index in [4.69, 9.17) is 4.74 Å². The minimum Gasteiger partial charge on any atom is -0.489 e. The van der Waals surface area contributed by atoms with Crippen LogP contribution < -0.4 is 21.3 Å². The summed E-state index contributed by atoms with van der Waals surface area (Å²) in [6.45, 7) is 0.418. The first-order valence-electron chi connectivity index (χ1n) is 14.9. The standard InChI is InChI=1S/C33H35FN4O4S/c34-24-19-28-31(35-20-24)37(27-14-16-43-17-15-27)33(41)38(32(28)40)26-12-10-25(11-13-26)36-30(39)18-23-8-4-5-9-29(23)42-21-22-6-2-1-3-7-22/h1-9,19-20,25-27H,10-18,21H2,(H,36,39)/t25-,26+. The number of rotatable bonds is 8. The van der Waals surface area contributed by atoms with E-state index in [2.05, 4.69) is 10.3 Å². The van der Waals surface area contributed by atoms with Crippen molar-refractivity contribution in [2.24, 2.45) is 0 Å². The fraction of sp³-hybridized carbons (Fsp3) is 0.394. The Morgan fingerprint density at radius 3 is 2.40 bits per heavy atom. The summed E-state index contributed by atoms with van der Waals surface area (Å²) in [4.78, 5) is 44.6. The molecule has 0 unspecified atom stereocenters. The number of nitrogens with zero attached hydrogens (tertiary/aromatic N) is 3. The molecule has 8 nitrogen and oxygen atoms in total. The molecule has 0 radical (unpaired) electrons. The number of para-hydroxylation sites is 1. The number of hydrogen-bond acceptors (Lipinski definition) is 6. The lowest BCUT2D eigenvalue weighted by Gasteiger charge is -2.31. The molecular weight excluding hydrogens is 567 g/mol. The lowest BCUT2D eigenvalue weighted by atomic mass is 9.90. The summed E-state index contributed by atoms with van der Waals surface area (Å²) < 4.78 is 23.2. The van der Waals surface area contributed by atoms with E-state index < -0.39 is 11.4 Å². The molecule has 1 saturated heterocycles. The Morgan fingerprint density at radius 2 is 1.63 bits per heavy atom. The van der Waals surface area contributed by atoms with Crippen molar-refractivity contribution in [2.75, 3.05) is 11.5 Å². The van der Waals surface area contributed by atoms with Gasteiger partial charge in [0.05, 0.1) is 18.0 Å². The van der Waals surface area contributed by atoms with Gasteiger partial charge in [-0.1, -0.05) is 48.5 Å². The number of carbonyl (C=O) groups excluding carboxylic acids is 1. The number of nitrogens with one attached hydrogen (secondary N) is 1. The first-order valence-corrected chi connectivity index (χ1v) is 16.1. The van der Waals surface area contributed by atoms with Crippen molar-refractivity contribution >= 4 is 28.7 Å². The number of fused-ring (bicyclic) bond motifs is 1. The lowest BCUT2D eigenvalue weighted by molar-refractivity contribution is -0.121. The minimum atomic E-state index is -0.598. The van der Waals surface area contributed by atoms with Crippen LogP contribution in [0.15, 0.2) is 76.4 Å². The number of pyridine rings is 1. The predicted molar refractivity (Wildman–Crippen MR) is 166 cm³/mol. The van der Waals surface area contributed by atoms with Crippen LogP contribution in [-0.2, 0) is 17.8 Å². The second-order valence-corrected chi connectivity index (χ2v) is 12.6. The van der Waals surface area contributed by atoms with Gasteiger partial charge in [-0.05, 0) is 67.7 Å². The van der Waals surface area contributed by atoms with Crippen LogP contribution in [0, 0.1) is 5.82 Å². The van der Waals surface area contributed by atoms with Crippen LogP contribution >= 0.6 is 11.8 Å². The maximum atomic E-state index is 14.2. The van der Waals surface area contributed by atoms with E-state index in [9.17, 15) is 18.8 Å². The molecule has 4 aromatic rings. The molecule has 2 aromatic carbocycles. The maximum Gasteiger partial charge on any atom is 0.333 e. The quantitative estimate of drug-likeness (QED) is 0.299. The highest BCUT2D eigenvalue weighted by atomic mass is 32.2. The first kappa shape index (κ1) is 29.2. The zero-order valence-corrected chi connectivity index (χ0v) is 24.7. The second kappa shape index (κ2) is 13.2. The number of carbonyl (C=O) groups is 1. The third-order valence-corrected chi connectivity index (χ3v) is 9.52. The molecule has 6 rings (SSSR count). The largest absolute Gasteiger partial charge is 0.489 e. The van der Waals surface area contributed by atoms with Crippen LogP contribution in [0.5, 0.6) is 5.75 Å². The Kier molecular flexibility index (Phi) is 8.92. The summed E-state index contributed by atoms with van der Waals surface area (Å²) >= 11 is 1.84. The van der Waals surface area contributed by atoms with Crippen LogP contribution in [0.3, 0.4) is 0 Å². The van der Waals surface area contributed by atoms with Gasteiger partial charge >= 0.3 is 5.69 Å². The van der Waals surface area contributed by atoms with Gasteiger partial charge in [0.15, 0.2) is 0 Å². The van der Waals surface area contributed by atoms with Crippen molar-refractivity contribution in [1.29, 1.82) is 0 Å². The lowest BCUT2D eigenvalue weighted by Crippen LogP contribution is -2.46. The molecule has 3 heterocycles. The Bertz CT molecular complexity index is 1710. The smallest absolute Gasteiger partial charge is 0.333 e. The average Bonchev–Trinajstić information content (AvgIpc) is 3.03. The third-order valence-electron chi connectivity index (χ3n) is 8.47. The summed E-state index contributed by atoms with van der Waals surface area (Å²) in [6, 6.07) is 18.2. The molecule has 10 heteroatoms. The van der Waals surface area contributed by atoms with Crippen LogP contribution in [0.2, 0.25) is 0 Å². The van der Waals surface area contributed by atoms with Crippen molar-refractivity contribution in [3.05, 3.63) is 105 Å². The van der Waals surface area contributed by atoms with E-state index in [1.54, 1.807) is 4.57 Å². The Morgan fingerprint density at radius 1 is 0.930 bits per heavy atom. The van der Waals surface area contributed by atoms with Crippen molar-refractivity contribution in [3.8, 4) is 5.75 Å². The molecule has 1 N–H and O–H groups in total. The third kappa shape index (κ3) is 6.54. The van der Waals surface area contributed by atoms with E-state index in [-0.39, 0.29) is 47.2 Å². The fourth-order valence-electron chi connectivity index (χ4n) is 6.26. The van der Waals surface area contributed by atoms with E-state index in [0.29, 0.717) is 38.0 Å². The van der Waals surface area contributed by atoms with Gasteiger partial charge in [0.2, 0.25) is 5.91 Å². The summed E-state index contributed by atoms with van der Waals surface area (Å²) in [6.07, 6.45) is 5.25. The number of benzene rings is 2. The van der Waals surface area contributed by atoms with Crippen molar-refractivity contribution in [1.82, 2.24) is 19.4 Å². The number of halogens is 1. The molecule has 43 heavy (non-hydrogen) atoms. The number of aromatic nitrogens is 3. The van der Waals surface area contributed by atoms with Gasteiger partial charge in [0, 0.05) is 23.7 Å². The molecule has 224 valence electrons. The second-order valence-electron chi connectivity index (χ2n) is 11.3. The van der Waals surface area contributed by atoms with Gasteiger partial charge in [0.25, 0.3) is 5.56 Å². The van der Waals surface area contributed by atoms with Gasteiger partial charge in [-0.25, -0.2) is 14.2 Å². The molecule has 1 saturated carbocycles. The molecule has 2 aliphatic rings. The SMILES string of the molecule is O=C(Cc1ccccc1OCc1ccccc1)N[C@H]1CC[C@@H](n2c(=O)c3cc(F)cnc3n(C3CCSCC3)c2=O)CC1. The van der Waals surface area contributed by atoms with E-state index >= 15 is 0 Å². The monoisotopic (exact) mass is 602 g/mol.